The summed E-state index contributed by atoms with van der Waals surface area (Å²) in [6, 6.07) is 7.64. The summed E-state index contributed by atoms with van der Waals surface area (Å²) < 4.78 is 6.48. The first kappa shape index (κ1) is 18.4. The van der Waals surface area contributed by atoms with Crippen LogP contribution >= 0.6 is 0 Å². The SMILES string of the molecule is COC(=O)c1nc2n(n1)C(c1ccc(C)cc1)C1=C(CC(C)(C)CC1=O)N2C. The van der Waals surface area contributed by atoms with Crippen molar-refractivity contribution in [2.45, 2.75) is 39.7 Å². The number of ether oxygens (including phenoxy) is 1. The molecule has 1 aliphatic heterocycles. The fraction of sp³-hybridized carbons (Fsp3) is 0.429. The van der Waals surface area contributed by atoms with Crippen LogP contribution < -0.4 is 4.90 Å². The Bertz CT molecular complexity index is 1000. The second kappa shape index (κ2) is 6.29. The Hall–Kier alpha value is -2.96. The van der Waals surface area contributed by atoms with Crippen LogP contribution in [-0.4, -0.2) is 40.7 Å². The van der Waals surface area contributed by atoms with Gasteiger partial charge in [-0.05, 0) is 24.3 Å². The van der Waals surface area contributed by atoms with Gasteiger partial charge < -0.3 is 9.64 Å². The van der Waals surface area contributed by atoms with Gasteiger partial charge in [0.15, 0.2) is 5.78 Å². The van der Waals surface area contributed by atoms with Gasteiger partial charge >= 0.3 is 5.97 Å². The number of fused-ring (bicyclic) bond motifs is 1. The van der Waals surface area contributed by atoms with E-state index in [2.05, 4.69) is 23.9 Å². The Morgan fingerprint density at radius 1 is 1.21 bits per heavy atom. The van der Waals surface area contributed by atoms with Crippen LogP contribution in [0.1, 0.15) is 54.5 Å². The van der Waals surface area contributed by atoms with E-state index in [0.717, 1.165) is 28.8 Å². The number of aromatic nitrogens is 3. The summed E-state index contributed by atoms with van der Waals surface area (Å²) in [4.78, 5) is 31.6. The van der Waals surface area contributed by atoms with Crippen molar-refractivity contribution < 1.29 is 14.3 Å². The molecule has 0 amide bonds. The zero-order valence-electron chi connectivity index (χ0n) is 16.8. The lowest BCUT2D eigenvalue weighted by atomic mass is 9.72. The van der Waals surface area contributed by atoms with Gasteiger partial charge in [-0.1, -0.05) is 43.7 Å². The molecule has 2 aromatic rings. The maximum absolute atomic E-state index is 13.2. The van der Waals surface area contributed by atoms with Crippen molar-refractivity contribution in [1.29, 1.82) is 0 Å². The van der Waals surface area contributed by atoms with E-state index in [0.29, 0.717) is 12.4 Å². The average molecular weight is 380 g/mol. The van der Waals surface area contributed by atoms with Crippen LogP contribution in [0, 0.1) is 12.3 Å². The molecule has 0 bridgehead atoms. The molecule has 1 aliphatic carbocycles. The Kier molecular flexibility index (Phi) is 4.14. The first-order chi connectivity index (χ1) is 13.2. The van der Waals surface area contributed by atoms with E-state index in [4.69, 9.17) is 4.74 Å². The van der Waals surface area contributed by atoms with Gasteiger partial charge in [-0.2, -0.15) is 4.98 Å². The topological polar surface area (TPSA) is 77.3 Å². The normalized spacial score (nSPS) is 20.7. The predicted molar refractivity (Wildman–Crippen MR) is 104 cm³/mol. The zero-order chi connectivity index (χ0) is 20.2. The number of Topliss-reactive ketones (excluding diaryl/α,β-unsaturated/α-hetero) is 1. The zero-order valence-corrected chi connectivity index (χ0v) is 16.8. The molecule has 0 N–H and O–H groups in total. The molecular formula is C21H24N4O3. The number of benzene rings is 1. The van der Waals surface area contributed by atoms with Gasteiger partial charge in [0, 0.05) is 24.7 Å². The molecule has 1 aromatic heterocycles. The molecule has 1 aromatic carbocycles. The van der Waals surface area contributed by atoms with Crippen LogP contribution in [0.2, 0.25) is 0 Å². The van der Waals surface area contributed by atoms with Crippen molar-refractivity contribution in [2.24, 2.45) is 5.41 Å². The van der Waals surface area contributed by atoms with Crippen LogP contribution in [0.4, 0.5) is 5.95 Å². The molecule has 0 spiro atoms. The minimum absolute atomic E-state index is 0.00646. The fourth-order valence-electron chi connectivity index (χ4n) is 4.11. The number of nitrogens with zero attached hydrogens (tertiary/aromatic N) is 4. The smallest absolute Gasteiger partial charge is 0.378 e. The molecule has 0 saturated heterocycles. The van der Waals surface area contributed by atoms with E-state index >= 15 is 0 Å². The van der Waals surface area contributed by atoms with Gasteiger partial charge in [-0.3, -0.25) is 4.79 Å². The maximum atomic E-state index is 13.2. The number of rotatable bonds is 2. The van der Waals surface area contributed by atoms with Crippen molar-refractivity contribution in [3.8, 4) is 0 Å². The highest BCUT2D eigenvalue weighted by molar-refractivity contribution is 6.00. The maximum Gasteiger partial charge on any atom is 0.378 e. The summed E-state index contributed by atoms with van der Waals surface area (Å²) in [5.74, 6) is 0.0512. The number of carbonyl (C=O) groups is 2. The number of methoxy groups -OCH3 is 1. The molecule has 1 atom stereocenters. The van der Waals surface area contributed by atoms with Crippen molar-refractivity contribution in [3.05, 3.63) is 52.5 Å². The number of esters is 1. The quantitative estimate of drug-likeness (QED) is 0.745. The van der Waals surface area contributed by atoms with Crippen molar-refractivity contribution >= 4 is 17.7 Å². The summed E-state index contributed by atoms with van der Waals surface area (Å²) in [5.41, 5.74) is 3.63. The molecule has 28 heavy (non-hydrogen) atoms. The molecule has 0 radical (unpaired) electrons. The monoisotopic (exact) mass is 380 g/mol. The Balaban J connectivity index is 1.95. The lowest BCUT2D eigenvalue weighted by Gasteiger charge is -2.41. The largest absolute Gasteiger partial charge is 0.463 e. The molecule has 0 fully saturated rings. The summed E-state index contributed by atoms with van der Waals surface area (Å²) in [7, 11) is 3.18. The first-order valence-electron chi connectivity index (χ1n) is 9.33. The lowest BCUT2D eigenvalue weighted by molar-refractivity contribution is -0.118. The van der Waals surface area contributed by atoms with E-state index in [-0.39, 0.29) is 17.0 Å². The van der Waals surface area contributed by atoms with Gasteiger partial charge in [-0.25, -0.2) is 9.48 Å². The first-order valence-corrected chi connectivity index (χ1v) is 9.33. The summed E-state index contributed by atoms with van der Waals surface area (Å²) >= 11 is 0. The second-order valence-corrected chi connectivity index (χ2v) is 8.35. The summed E-state index contributed by atoms with van der Waals surface area (Å²) in [6.07, 6.45) is 1.24. The summed E-state index contributed by atoms with van der Waals surface area (Å²) in [5, 5.41) is 4.42. The molecule has 1 unspecified atom stereocenters. The highest BCUT2D eigenvalue weighted by atomic mass is 16.5. The summed E-state index contributed by atoms with van der Waals surface area (Å²) in [6.45, 7) is 6.22. The minimum Gasteiger partial charge on any atom is -0.463 e. The number of hydrogen-bond donors (Lipinski definition) is 0. The van der Waals surface area contributed by atoms with Crippen molar-refractivity contribution in [3.63, 3.8) is 0 Å². The van der Waals surface area contributed by atoms with Gasteiger partial charge in [-0.15, -0.1) is 5.10 Å². The third-order valence-corrected chi connectivity index (χ3v) is 5.49. The molecule has 7 nitrogen and oxygen atoms in total. The second-order valence-electron chi connectivity index (χ2n) is 8.35. The van der Waals surface area contributed by atoms with E-state index in [1.54, 1.807) is 4.68 Å². The molecule has 2 aliphatic rings. The van der Waals surface area contributed by atoms with E-state index < -0.39 is 12.0 Å². The van der Waals surface area contributed by atoms with E-state index in [1.807, 2.05) is 43.1 Å². The van der Waals surface area contributed by atoms with Gasteiger partial charge in [0.25, 0.3) is 5.82 Å². The van der Waals surface area contributed by atoms with E-state index in [1.165, 1.54) is 7.11 Å². The highest BCUT2D eigenvalue weighted by Crippen LogP contribution is 2.47. The highest BCUT2D eigenvalue weighted by Gasteiger charge is 2.44. The fourth-order valence-corrected chi connectivity index (χ4v) is 4.11. The molecular weight excluding hydrogens is 356 g/mol. The molecule has 146 valence electrons. The van der Waals surface area contributed by atoms with Gasteiger partial charge in [0.2, 0.25) is 5.95 Å². The van der Waals surface area contributed by atoms with Gasteiger partial charge in [0.05, 0.1) is 7.11 Å². The van der Waals surface area contributed by atoms with Crippen LogP contribution in [0.3, 0.4) is 0 Å². The van der Waals surface area contributed by atoms with Crippen molar-refractivity contribution in [2.75, 3.05) is 19.1 Å². The number of aryl methyl sites for hydroxylation is 1. The number of hydrogen-bond acceptors (Lipinski definition) is 6. The molecule has 4 rings (SSSR count). The Morgan fingerprint density at radius 3 is 2.54 bits per heavy atom. The number of ketones is 1. The number of allylic oxidation sites excluding steroid dienone is 2. The third-order valence-electron chi connectivity index (χ3n) is 5.49. The predicted octanol–water partition coefficient (Wildman–Crippen LogP) is 3.06. The van der Waals surface area contributed by atoms with E-state index in [9.17, 15) is 9.59 Å². The third kappa shape index (κ3) is 2.82. The molecule has 0 saturated carbocycles. The van der Waals surface area contributed by atoms with Crippen molar-refractivity contribution in [1.82, 2.24) is 14.8 Å². The van der Waals surface area contributed by atoms with Crippen LogP contribution in [0.5, 0.6) is 0 Å². The Morgan fingerprint density at radius 2 is 1.89 bits per heavy atom. The lowest BCUT2D eigenvalue weighted by Crippen LogP contribution is -2.40. The van der Waals surface area contributed by atoms with Gasteiger partial charge in [0.1, 0.15) is 6.04 Å². The number of anilines is 1. The van der Waals surface area contributed by atoms with Crippen LogP contribution in [0.25, 0.3) is 0 Å². The minimum atomic E-state index is -0.595. The van der Waals surface area contributed by atoms with Crippen LogP contribution in [0.15, 0.2) is 35.5 Å². The Labute approximate surface area is 164 Å². The molecule has 7 heteroatoms. The van der Waals surface area contributed by atoms with Crippen LogP contribution in [-0.2, 0) is 9.53 Å². The standard InChI is InChI=1S/C21H24N4O3/c1-12-6-8-13(9-7-12)17-16-14(10-21(2,3)11-15(16)26)24(4)20-22-18(19(27)28-5)23-25(17)20/h6-9,17H,10-11H2,1-5H3. The molecule has 2 heterocycles. The average Bonchev–Trinajstić information content (AvgIpc) is 3.08. The number of carbonyl (C=O) groups excluding carboxylic acids is 2.